The fraction of sp³-hybridized carbons (Fsp3) is 0.250. The van der Waals surface area contributed by atoms with Crippen LogP contribution < -0.4 is 4.74 Å². The normalized spacial score (nSPS) is 12.2. The molecule has 0 saturated heterocycles. The van der Waals surface area contributed by atoms with Crippen molar-refractivity contribution in [2.45, 2.75) is 18.3 Å². The molecule has 0 saturated carbocycles. The fourth-order valence-corrected chi connectivity index (χ4v) is 2.09. The van der Waals surface area contributed by atoms with Crippen LogP contribution in [0.25, 0.3) is 0 Å². The third-order valence-electron chi connectivity index (χ3n) is 3.25. The molecule has 0 amide bonds. The SMILES string of the molecule is COC(=O)c1ccc(Oc2ccc(C(C(F)(F)F)C(F)(F)F)cc2)nc1. The van der Waals surface area contributed by atoms with Crippen LogP contribution in [0.3, 0.4) is 0 Å². The quantitative estimate of drug-likeness (QED) is 0.562. The minimum Gasteiger partial charge on any atom is -0.465 e. The third-order valence-corrected chi connectivity index (χ3v) is 3.25. The lowest BCUT2D eigenvalue weighted by atomic mass is 9.98. The average Bonchev–Trinajstić information content (AvgIpc) is 2.54. The first-order valence-corrected chi connectivity index (χ1v) is 6.98. The molecule has 1 aromatic heterocycles. The Morgan fingerprint density at radius 3 is 1.96 bits per heavy atom. The van der Waals surface area contributed by atoms with Crippen molar-refractivity contribution in [2.75, 3.05) is 7.11 Å². The molecule has 0 spiro atoms. The number of pyridine rings is 1. The maximum Gasteiger partial charge on any atom is 0.404 e. The maximum atomic E-state index is 12.7. The molecule has 0 N–H and O–H groups in total. The average molecular weight is 379 g/mol. The molecule has 0 aliphatic rings. The highest BCUT2D eigenvalue weighted by molar-refractivity contribution is 5.88. The summed E-state index contributed by atoms with van der Waals surface area (Å²) in [6.07, 6.45) is -9.78. The number of ether oxygens (including phenoxy) is 2. The number of rotatable bonds is 4. The first-order valence-electron chi connectivity index (χ1n) is 6.98. The smallest absolute Gasteiger partial charge is 0.404 e. The van der Waals surface area contributed by atoms with E-state index in [1.807, 2.05) is 0 Å². The van der Waals surface area contributed by atoms with E-state index in [2.05, 4.69) is 9.72 Å². The van der Waals surface area contributed by atoms with Crippen molar-refractivity contribution in [1.29, 1.82) is 0 Å². The van der Waals surface area contributed by atoms with Crippen LogP contribution >= 0.6 is 0 Å². The van der Waals surface area contributed by atoms with Crippen molar-refractivity contribution in [1.82, 2.24) is 4.98 Å². The highest BCUT2D eigenvalue weighted by Gasteiger charge is 2.57. The van der Waals surface area contributed by atoms with Gasteiger partial charge in [-0.2, -0.15) is 26.3 Å². The van der Waals surface area contributed by atoms with Crippen LogP contribution in [0.5, 0.6) is 11.6 Å². The van der Waals surface area contributed by atoms with Gasteiger partial charge in [-0.1, -0.05) is 12.1 Å². The second-order valence-electron chi connectivity index (χ2n) is 5.06. The zero-order valence-corrected chi connectivity index (χ0v) is 13.1. The van der Waals surface area contributed by atoms with E-state index < -0.39 is 29.8 Å². The van der Waals surface area contributed by atoms with Crippen LogP contribution in [-0.2, 0) is 4.74 Å². The van der Waals surface area contributed by atoms with Crippen molar-refractivity contribution in [3.8, 4) is 11.6 Å². The van der Waals surface area contributed by atoms with Crippen LogP contribution in [0.4, 0.5) is 26.3 Å². The van der Waals surface area contributed by atoms with Gasteiger partial charge in [0.25, 0.3) is 0 Å². The number of carbonyl (C=O) groups is 1. The zero-order valence-electron chi connectivity index (χ0n) is 13.1. The zero-order chi connectivity index (χ0) is 19.5. The van der Waals surface area contributed by atoms with Crippen molar-refractivity contribution in [2.24, 2.45) is 0 Å². The van der Waals surface area contributed by atoms with E-state index in [4.69, 9.17) is 4.74 Å². The Hall–Kier alpha value is -2.78. The van der Waals surface area contributed by atoms with E-state index in [9.17, 15) is 31.1 Å². The molecule has 0 unspecified atom stereocenters. The Bertz CT molecular complexity index is 740. The summed E-state index contributed by atoms with van der Waals surface area (Å²) in [5.41, 5.74) is -0.806. The van der Waals surface area contributed by atoms with Crippen LogP contribution in [-0.4, -0.2) is 30.4 Å². The Labute approximate surface area is 143 Å². The van der Waals surface area contributed by atoms with E-state index in [0.717, 1.165) is 18.3 Å². The molecule has 26 heavy (non-hydrogen) atoms. The van der Waals surface area contributed by atoms with Gasteiger partial charge >= 0.3 is 18.3 Å². The molecular weight excluding hydrogens is 368 g/mol. The fourth-order valence-electron chi connectivity index (χ4n) is 2.09. The lowest BCUT2D eigenvalue weighted by molar-refractivity contribution is -0.253. The summed E-state index contributed by atoms with van der Waals surface area (Å²) in [7, 11) is 1.18. The molecule has 0 bridgehead atoms. The number of halogens is 6. The number of nitrogens with zero attached hydrogens (tertiary/aromatic N) is 1. The number of hydrogen-bond acceptors (Lipinski definition) is 4. The highest BCUT2D eigenvalue weighted by Crippen LogP contribution is 2.46. The van der Waals surface area contributed by atoms with E-state index in [0.29, 0.717) is 12.1 Å². The molecule has 0 aliphatic heterocycles. The molecule has 0 atom stereocenters. The lowest BCUT2D eigenvalue weighted by Crippen LogP contribution is -2.34. The molecule has 2 aromatic rings. The van der Waals surface area contributed by atoms with Gasteiger partial charge in [0.15, 0.2) is 5.92 Å². The summed E-state index contributed by atoms with van der Waals surface area (Å²) in [4.78, 5) is 15.1. The number of esters is 1. The number of carbonyl (C=O) groups excluding carboxylic acids is 1. The van der Waals surface area contributed by atoms with Gasteiger partial charge in [-0.15, -0.1) is 0 Å². The molecule has 0 fully saturated rings. The van der Waals surface area contributed by atoms with Gasteiger partial charge < -0.3 is 9.47 Å². The van der Waals surface area contributed by atoms with E-state index in [1.54, 1.807) is 0 Å². The van der Waals surface area contributed by atoms with Crippen molar-refractivity contribution in [3.05, 3.63) is 53.7 Å². The molecule has 10 heteroatoms. The molecule has 4 nitrogen and oxygen atoms in total. The summed E-state index contributed by atoms with van der Waals surface area (Å²) in [6.45, 7) is 0. The summed E-state index contributed by atoms with van der Waals surface area (Å²) in [5, 5.41) is 0. The number of aromatic nitrogens is 1. The Morgan fingerprint density at radius 1 is 0.962 bits per heavy atom. The Balaban J connectivity index is 2.18. The second kappa shape index (κ2) is 7.22. The second-order valence-corrected chi connectivity index (χ2v) is 5.06. The molecule has 2 rings (SSSR count). The minimum absolute atomic E-state index is 0.00593. The number of benzene rings is 1. The predicted octanol–water partition coefficient (Wildman–Crippen LogP) is 4.87. The molecule has 0 radical (unpaired) electrons. The molecular formula is C16H11F6NO3. The molecule has 1 aromatic carbocycles. The molecule has 1 heterocycles. The Morgan fingerprint density at radius 2 is 1.54 bits per heavy atom. The van der Waals surface area contributed by atoms with Crippen molar-refractivity contribution < 1.29 is 40.6 Å². The standard InChI is InChI=1S/C16H11F6NO3/c1-25-14(24)10-4-7-12(23-8-10)26-11-5-2-9(3-6-11)13(15(17,18)19)16(20,21)22/h2-8,13H,1H3. The number of hydrogen-bond donors (Lipinski definition) is 0. The molecule has 140 valence electrons. The van der Waals surface area contributed by atoms with Gasteiger partial charge in [-0.3, -0.25) is 0 Å². The van der Waals surface area contributed by atoms with Crippen LogP contribution in [0, 0.1) is 0 Å². The predicted molar refractivity (Wildman–Crippen MR) is 76.9 cm³/mol. The third kappa shape index (κ3) is 4.64. The maximum absolute atomic E-state index is 12.7. The van der Waals surface area contributed by atoms with E-state index in [1.165, 1.54) is 19.2 Å². The lowest BCUT2D eigenvalue weighted by Gasteiger charge is -2.23. The highest BCUT2D eigenvalue weighted by atomic mass is 19.4. The van der Waals surface area contributed by atoms with Crippen LogP contribution in [0.1, 0.15) is 21.8 Å². The number of alkyl halides is 6. The minimum atomic E-state index is -5.47. The van der Waals surface area contributed by atoms with E-state index in [-0.39, 0.29) is 17.2 Å². The first-order chi connectivity index (χ1) is 12.0. The van der Waals surface area contributed by atoms with Crippen molar-refractivity contribution in [3.63, 3.8) is 0 Å². The van der Waals surface area contributed by atoms with Gasteiger partial charge in [0, 0.05) is 12.3 Å². The first kappa shape index (κ1) is 19.5. The number of methoxy groups -OCH3 is 1. The van der Waals surface area contributed by atoms with Gasteiger partial charge in [-0.25, -0.2) is 9.78 Å². The van der Waals surface area contributed by atoms with Gasteiger partial charge in [0.05, 0.1) is 12.7 Å². The monoisotopic (exact) mass is 379 g/mol. The van der Waals surface area contributed by atoms with Crippen LogP contribution in [0.2, 0.25) is 0 Å². The van der Waals surface area contributed by atoms with E-state index >= 15 is 0 Å². The Kier molecular flexibility index (Phi) is 5.43. The molecule has 0 aliphatic carbocycles. The van der Waals surface area contributed by atoms with Gasteiger partial charge in [0.1, 0.15) is 5.75 Å². The summed E-state index contributed by atoms with van der Waals surface area (Å²) < 4.78 is 85.8. The van der Waals surface area contributed by atoms with Crippen LogP contribution in [0.15, 0.2) is 42.6 Å². The topological polar surface area (TPSA) is 48.4 Å². The summed E-state index contributed by atoms with van der Waals surface area (Å²) in [5.74, 6) is -4.23. The summed E-state index contributed by atoms with van der Waals surface area (Å²) in [6, 6.07) is 5.94. The van der Waals surface area contributed by atoms with Gasteiger partial charge in [-0.05, 0) is 23.8 Å². The van der Waals surface area contributed by atoms with Gasteiger partial charge in [0.2, 0.25) is 5.88 Å². The largest absolute Gasteiger partial charge is 0.465 e. The summed E-state index contributed by atoms with van der Waals surface area (Å²) >= 11 is 0. The van der Waals surface area contributed by atoms with Crippen molar-refractivity contribution >= 4 is 5.97 Å².